The standard InChI is InChI=1S/C19H26N4O4S2/c1-13-4-5-16(18-14(2)21-19(28-18)22-15(3)24)12-17(13)29(25,26)20-6-7-23-8-10-27-11-9-23/h4-5,12,20H,6-11H2,1-3H3,(H,21,22,24). The number of carbonyl (C=O) groups excluding carboxylic acids is 1. The third-order valence-electron chi connectivity index (χ3n) is 4.64. The average Bonchev–Trinajstić information content (AvgIpc) is 3.02. The van der Waals surface area contributed by atoms with Gasteiger partial charge in [-0.05, 0) is 31.0 Å². The lowest BCUT2D eigenvalue weighted by Crippen LogP contribution is -2.41. The molecule has 29 heavy (non-hydrogen) atoms. The van der Waals surface area contributed by atoms with E-state index in [1.54, 1.807) is 19.1 Å². The van der Waals surface area contributed by atoms with Gasteiger partial charge in [0.25, 0.3) is 0 Å². The van der Waals surface area contributed by atoms with Crippen LogP contribution in [0.1, 0.15) is 18.2 Å². The summed E-state index contributed by atoms with van der Waals surface area (Å²) in [4.78, 5) is 18.9. The number of nitrogens with zero attached hydrogens (tertiary/aromatic N) is 2. The van der Waals surface area contributed by atoms with Gasteiger partial charge in [0.2, 0.25) is 15.9 Å². The van der Waals surface area contributed by atoms with E-state index in [4.69, 9.17) is 4.74 Å². The summed E-state index contributed by atoms with van der Waals surface area (Å²) in [6, 6.07) is 5.34. The van der Waals surface area contributed by atoms with Crippen LogP contribution < -0.4 is 10.0 Å². The molecule has 0 spiro atoms. The fourth-order valence-corrected chi connectivity index (χ4v) is 5.44. The highest BCUT2D eigenvalue weighted by Crippen LogP contribution is 2.34. The Bertz CT molecular complexity index is 982. The smallest absolute Gasteiger partial charge is 0.240 e. The Labute approximate surface area is 175 Å². The van der Waals surface area contributed by atoms with Gasteiger partial charge in [0.15, 0.2) is 5.13 Å². The molecule has 0 bridgehead atoms. The maximum Gasteiger partial charge on any atom is 0.240 e. The Morgan fingerprint density at radius 1 is 1.28 bits per heavy atom. The number of ether oxygens (including phenoxy) is 1. The quantitative estimate of drug-likeness (QED) is 0.686. The Morgan fingerprint density at radius 3 is 2.69 bits per heavy atom. The summed E-state index contributed by atoms with van der Waals surface area (Å²) in [7, 11) is -3.64. The molecule has 1 aromatic carbocycles. The summed E-state index contributed by atoms with van der Waals surface area (Å²) in [6.07, 6.45) is 0. The van der Waals surface area contributed by atoms with Crippen LogP contribution in [-0.4, -0.2) is 63.6 Å². The molecule has 0 unspecified atom stereocenters. The van der Waals surface area contributed by atoms with Gasteiger partial charge < -0.3 is 10.1 Å². The van der Waals surface area contributed by atoms with E-state index in [1.165, 1.54) is 18.3 Å². The Morgan fingerprint density at radius 2 is 2.00 bits per heavy atom. The molecule has 158 valence electrons. The minimum atomic E-state index is -3.64. The number of sulfonamides is 1. The zero-order valence-electron chi connectivity index (χ0n) is 16.8. The molecule has 1 aromatic heterocycles. The van der Waals surface area contributed by atoms with Crippen molar-refractivity contribution in [1.82, 2.24) is 14.6 Å². The van der Waals surface area contributed by atoms with E-state index < -0.39 is 10.0 Å². The molecular formula is C19H26N4O4S2. The number of nitrogens with one attached hydrogen (secondary N) is 2. The van der Waals surface area contributed by atoms with E-state index in [0.29, 0.717) is 37.0 Å². The van der Waals surface area contributed by atoms with Gasteiger partial charge >= 0.3 is 0 Å². The molecule has 0 radical (unpaired) electrons. The molecule has 0 atom stereocenters. The predicted octanol–water partition coefficient (Wildman–Crippen LogP) is 2.00. The van der Waals surface area contributed by atoms with Gasteiger partial charge in [-0.2, -0.15) is 0 Å². The Kier molecular flexibility index (Phi) is 7.01. The molecule has 0 saturated carbocycles. The molecule has 0 aliphatic carbocycles. The van der Waals surface area contributed by atoms with Gasteiger partial charge in [-0.25, -0.2) is 18.1 Å². The minimum Gasteiger partial charge on any atom is -0.379 e. The number of benzene rings is 1. The van der Waals surface area contributed by atoms with Gasteiger partial charge in [0.05, 0.1) is 28.7 Å². The number of carbonyl (C=O) groups is 1. The van der Waals surface area contributed by atoms with E-state index in [9.17, 15) is 13.2 Å². The van der Waals surface area contributed by atoms with Crippen molar-refractivity contribution < 1.29 is 17.9 Å². The fraction of sp³-hybridized carbons (Fsp3) is 0.474. The highest BCUT2D eigenvalue weighted by Gasteiger charge is 2.20. The summed E-state index contributed by atoms with van der Waals surface area (Å²) in [5.74, 6) is -0.193. The van der Waals surface area contributed by atoms with Crippen molar-refractivity contribution in [2.45, 2.75) is 25.7 Å². The topological polar surface area (TPSA) is 101 Å². The molecule has 1 fully saturated rings. The largest absolute Gasteiger partial charge is 0.379 e. The van der Waals surface area contributed by atoms with Crippen molar-refractivity contribution in [3.63, 3.8) is 0 Å². The molecule has 1 saturated heterocycles. The molecule has 10 heteroatoms. The molecule has 3 rings (SSSR count). The first-order chi connectivity index (χ1) is 13.8. The second-order valence-corrected chi connectivity index (χ2v) is 9.68. The SMILES string of the molecule is CC(=O)Nc1nc(C)c(-c2ccc(C)c(S(=O)(=O)NCCN3CCOCC3)c2)s1. The number of morpholine rings is 1. The first-order valence-electron chi connectivity index (χ1n) is 9.42. The van der Waals surface area contributed by atoms with E-state index in [2.05, 4.69) is 19.9 Å². The van der Waals surface area contributed by atoms with Crippen LogP contribution in [0.5, 0.6) is 0 Å². The van der Waals surface area contributed by atoms with Crippen molar-refractivity contribution in [3.8, 4) is 10.4 Å². The van der Waals surface area contributed by atoms with Crippen molar-refractivity contribution in [1.29, 1.82) is 0 Å². The molecule has 1 aliphatic heterocycles. The van der Waals surface area contributed by atoms with Crippen LogP contribution in [0.2, 0.25) is 0 Å². The molecular weight excluding hydrogens is 412 g/mol. The van der Waals surface area contributed by atoms with Crippen LogP contribution in [0.4, 0.5) is 5.13 Å². The van der Waals surface area contributed by atoms with Crippen molar-refractivity contribution >= 4 is 32.4 Å². The summed E-state index contributed by atoms with van der Waals surface area (Å²) in [6.45, 7) is 9.04. The van der Waals surface area contributed by atoms with Crippen LogP contribution in [0, 0.1) is 13.8 Å². The molecule has 1 aliphatic rings. The molecule has 2 aromatic rings. The third kappa shape index (κ3) is 5.61. The van der Waals surface area contributed by atoms with Crippen LogP contribution in [0.3, 0.4) is 0 Å². The normalized spacial score (nSPS) is 15.4. The van der Waals surface area contributed by atoms with Gasteiger partial charge in [-0.3, -0.25) is 9.69 Å². The minimum absolute atomic E-state index is 0.193. The number of aromatic nitrogens is 1. The van der Waals surface area contributed by atoms with Crippen LogP contribution in [-0.2, 0) is 19.6 Å². The number of thiazole rings is 1. The lowest BCUT2D eigenvalue weighted by molar-refractivity contribution is -0.114. The molecule has 2 N–H and O–H groups in total. The van der Waals surface area contributed by atoms with E-state index in [0.717, 1.165) is 29.2 Å². The van der Waals surface area contributed by atoms with Crippen molar-refractivity contribution in [3.05, 3.63) is 29.5 Å². The third-order valence-corrected chi connectivity index (χ3v) is 7.37. The first kappa shape index (κ1) is 21.8. The second-order valence-electron chi connectivity index (χ2n) is 6.95. The van der Waals surface area contributed by atoms with Crippen molar-refractivity contribution in [2.24, 2.45) is 0 Å². The highest BCUT2D eigenvalue weighted by atomic mass is 32.2. The lowest BCUT2D eigenvalue weighted by atomic mass is 10.1. The summed E-state index contributed by atoms with van der Waals surface area (Å²) < 4.78 is 33.8. The van der Waals surface area contributed by atoms with Crippen molar-refractivity contribution in [2.75, 3.05) is 44.7 Å². The zero-order valence-corrected chi connectivity index (χ0v) is 18.5. The fourth-order valence-electron chi connectivity index (χ4n) is 3.14. The maximum atomic E-state index is 12.9. The number of anilines is 1. The number of aryl methyl sites for hydroxylation is 2. The predicted molar refractivity (Wildman–Crippen MR) is 114 cm³/mol. The molecule has 8 nitrogen and oxygen atoms in total. The summed E-state index contributed by atoms with van der Waals surface area (Å²) >= 11 is 1.33. The summed E-state index contributed by atoms with van der Waals surface area (Å²) in [5.41, 5.74) is 2.18. The first-order valence-corrected chi connectivity index (χ1v) is 11.7. The number of hydrogen-bond acceptors (Lipinski definition) is 7. The van der Waals surface area contributed by atoms with E-state index in [1.807, 2.05) is 13.0 Å². The second kappa shape index (κ2) is 9.31. The lowest BCUT2D eigenvalue weighted by Gasteiger charge is -2.26. The van der Waals surface area contributed by atoms with Crippen LogP contribution in [0.15, 0.2) is 23.1 Å². The van der Waals surface area contributed by atoms with E-state index in [-0.39, 0.29) is 10.8 Å². The van der Waals surface area contributed by atoms with E-state index >= 15 is 0 Å². The van der Waals surface area contributed by atoms with Gasteiger partial charge in [-0.15, -0.1) is 0 Å². The number of rotatable bonds is 7. The number of amides is 1. The van der Waals surface area contributed by atoms with Gasteiger partial charge in [-0.1, -0.05) is 23.5 Å². The highest BCUT2D eigenvalue weighted by molar-refractivity contribution is 7.89. The Hall–Kier alpha value is -1.85. The monoisotopic (exact) mass is 438 g/mol. The van der Waals surface area contributed by atoms with Gasteiger partial charge in [0, 0.05) is 33.1 Å². The molecule has 2 heterocycles. The zero-order chi connectivity index (χ0) is 21.0. The van der Waals surface area contributed by atoms with Gasteiger partial charge in [0.1, 0.15) is 0 Å². The van der Waals surface area contributed by atoms with Crippen LogP contribution >= 0.6 is 11.3 Å². The Balaban J connectivity index is 1.77. The number of hydrogen-bond donors (Lipinski definition) is 2. The maximum absolute atomic E-state index is 12.9. The molecule has 1 amide bonds. The summed E-state index contributed by atoms with van der Waals surface area (Å²) in [5, 5.41) is 3.17. The van der Waals surface area contributed by atoms with Crippen LogP contribution in [0.25, 0.3) is 10.4 Å². The average molecular weight is 439 g/mol.